The Hall–Kier alpha value is -1.63. The van der Waals surface area contributed by atoms with Gasteiger partial charge in [-0.3, -0.25) is 4.79 Å². The maximum absolute atomic E-state index is 9.96. The Balaban J connectivity index is 2.74. The molecule has 66 valence electrons. The largest absolute Gasteiger partial charge is 0.299 e. The van der Waals surface area contributed by atoms with Gasteiger partial charge in [-0.2, -0.15) is 0 Å². The van der Waals surface area contributed by atoms with Crippen LogP contribution in [0.3, 0.4) is 0 Å². The van der Waals surface area contributed by atoms with Crippen LogP contribution >= 0.6 is 0 Å². The Labute approximate surface area is 78.4 Å². The predicted molar refractivity (Wildman–Crippen MR) is 55.4 cm³/mol. The molecule has 0 N–H and O–H groups in total. The van der Waals surface area contributed by atoms with Gasteiger partial charge in [0, 0.05) is 0 Å². The third-order valence-electron chi connectivity index (χ3n) is 1.77. The summed E-state index contributed by atoms with van der Waals surface area (Å²) in [5.41, 5.74) is 2.41. The second-order valence-electron chi connectivity index (χ2n) is 2.74. The fourth-order valence-corrected chi connectivity index (χ4v) is 1.04. The highest BCUT2D eigenvalue weighted by Gasteiger charge is 1.88. The first-order chi connectivity index (χ1) is 6.34. The molecule has 0 spiro atoms. The van der Waals surface area contributed by atoms with E-state index in [1.165, 1.54) is 17.2 Å². The summed E-state index contributed by atoms with van der Waals surface area (Å²) >= 11 is 0. The summed E-state index contributed by atoms with van der Waals surface area (Å²) in [6, 6.07) is 8.10. The molecule has 0 heterocycles. The van der Waals surface area contributed by atoms with E-state index in [-0.39, 0.29) is 0 Å². The van der Waals surface area contributed by atoms with Crippen molar-refractivity contribution in [2.45, 2.75) is 6.92 Å². The number of aryl methyl sites for hydroxylation is 1. The first kappa shape index (κ1) is 9.46. The molecule has 0 bridgehead atoms. The summed E-state index contributed by atoms with van der Waals surface area (Å²) < 4.78 is 0. The lowest BCUT2D eigenvalue weighted by molar-refractivity contribution is -0.104. The highest BCUT2D eigenvalue weighted by atomic mass is 16.1. The normalized spacial score (nSPS) is 11.2. The van der Waals surface area contributed by atoms with Crippen LogP contribution in [0.1, 0.15) is 11.1 Å². The molecule has 0 aliphatic heterocycles. The third kappa shape index (κ3) is 3.08. The Morgan fingerprint density at radius 2 is 1.85 bits per heavy atom. The summed E-state index contributed by atoms with van der Waals surface area (Å²) in [5, 5.41) is 0. The minimum absolute atomic E-state index is 0.766. The van der Waals surface area contributed by atoms with Crippen molar-refractivity contribution < 1.29 is 4.79 Å². The van der Waals surface area contributed by atoms with Crippen molar-refractivity contribution in [3.63, 3.8) is 0 Å². The van der Waals surface area contributed by atoms with E-state index < -0.39 is 0 Å². The molecule has 1 rings (SSSR count). The standard InChI is InChI=1S/C12H12O/c1-11-7-4-5-9-12(11)8-3-2-6-10-13/h2-10H,1H3. The first-order valence-electron chi connectivity index (χ1n) is 4.19. The van der Waals surface area contributed by atoms with Crippen molar-refractivity contribution in [1.29, 1.82) is 0 Å². The van der Waals surface area contributed by atoms with Crippen LogP contribution in [-0.4, -0.2) is 6.29 Å². The molecule has 0 atom stereocenters. The second kappa shape index (κ2) is 5.09. The van der Waals surface area contributed by atoms with Crippen molar-refractivity contribution in [3.8, 4) is 0 Å². The highest BCUT2D eigenvalue weighted by Crippen LogP contribution is 2.08. The maximum Gasteiger partial charge on any atom is 0.142 e. The maximum atomic E-state index is 9.96. The Morgan fingerprint density at radius 3 is 2.54 bits per heavy atom. The average Bonchev–Trinajstić information content (AvgIpc) is 2.15. The third-order valence-corrected chi connectivity index (χ3v) is 1.77. The fraction of sp³-hybridized carbons (Fsp3) is 0.0833. The SMILES string of the molecule is Cc1ccccc1C=CC=CC=O. The second-order valence-corrected chi connectivity index (χ2v) is 2.74. The van der Waals surface area contributed by atoms with Crippen molar-refractivity contribution in [2.75, 3.05) is 0 Å². The van der Waals surface area contributed by atoms with Crippen LogP contribution in [0.4, 0.5) is 0 Å². The van der Waals surface area contributed by atoms with Crippen LogP contribution in [0.2, 0.25) is 0 Å². The van der Waals surface area contributed by atoms with E-state index >= 15 is 0 Å². The van der Waals surface area contributed by atoms with Gasteiger partial charge in [-0.1, -0.05) is 42.5 Å². The summed E-state index contributed by atoms with van der Waals surface area (Å²) in [6.07, 6.45) is 7.79. The quantitative estimate of drug-likeness (QED) is 0.389. The van der Waals surface area contributed by atoms with Crippen LogP contribution in [0.25, 0.3) is 6.08 Å². The molecule has 1 aromatic rings. The van der Waals surface area contributed by atoms with Crippen LogP contribution < -0.4 is 0 Å². The molecular formula is C12H12O. The predicted octanol–water partition coefficient (Wildman–Crippen LogP) is 2.76. The zero-order valence-corrected chi connectivity index (χ0v) is 7.60. The summed E-state index contributed by atoms with van der Waals surface area (Å²) in [7, 11) is 0. The lowest BCUT2D eigenvalue weighted by Gasteiger charge is -1.96. The molecule has 0 radical (unpaired) electrons. The molecule has 0 saturated carbocycles. The van der Waals surface area contributed by atoms with Crippen molar-refractivity contribution in [3.05, 3.63) is 53.6 Å². The number of hydrogen-bond donors (Lipinski definition) is 0. The van der Waals surface area contributed by atoms with Gasteiger partial charge in [0.1, 0.15) is 6.29 Å². The summed E-state index contributed by atoms with van der Waals surface area (Å²) in [5.74, 6) is 0. The minimum atomic E-state index is 0.766. The molecule has 13 heavy (non-hydrogen) atoms. The monoisotopic (exact) mass is 172 g/mol. The Kier molecular flexibility index (Phi) is 3.71. The topological polar surface area (TPSA) is 17.1 Å². The van der Waals surface area contributed by atoms with Gasteiger partial charge < -0.3 is 0 Å². The highest BCUT2D eigenvalue weighted by molar-refractivity contribution is 5.66. The number of aldehydes is 1. The first-order valence-corrected chi connectivity index (χ1v) is 4.19. The zero-order valence-electron chi connectivity index (χ0n) is 7.60. The van der Waals surface area contributed by atoms with Crippen molar-refractivity contribution in [2.24, 2.45) is 0 Å². The number of carbonyl (C=O) groups excluding carboxylic acids is 1. The molecule has 0 aromatic heterocycles. The molecule has 1 nitrogen and oxygen atoms in total. The number of allylic oxidation sites excluding steroid dienone is 3. The van der Waals surface area contributed by atoms with E-state index in [0.717, 1.165) is 6.29 Å². The lowest BCUT2D eigenvalue weighted by atomic mass is 10.1. The molecule has 1 aromatic carbocycles. The van der Waals surface area contributed by atoms with Gasteiger partial charge in [0.25, 0.3) is 0 Å². The fourth-order valence-electron chi connectivity index (χ4n) is 1.04. The number of rotatable bonds is 3. The molecule has 1 heteroatoms. The van der Waals surface area contributed by atoms with Gasteiger partial charge in [0.15, 0.2) is 0 Å². The number of carbonyl (C=O) groups is 1. The Bertz CT molecular complexity index is 335. The van der Waals surface area contributed by atoms with Crippen LogP contribution in [-0.2, 0) is 4.79 Å². The van der Waals surface area contributed by atoms with Gasteiger partial charge in [0.2, 0.25) is 0 Å². The van der Waals surface area contributed by atoms with E-state index in [1.54, 1.807) is 6.08 Å². The lowest BCUT2D eigenvalue weighted by Crippen LogP contribution is -1.76. The summed E-state index contributed by atoms with van der Waals surface area (Å²) in [6.45, 7) is 2.06. The van der Waals surface area contributed by atoms with E-state index in [1.807, 2.05) is 30.4 Å². The zero-order chi connectivity index (χ0) is 9.52. The van der Waals surface area contributed by atoms with E-state index in [2.05, 4.69) is 13.0 Å². The van der Waals surface area contributed by atoms with E-state index in [0.29, 0.717) is 0 Å². The van der Waals surface area contributed by atoms with Gasteiger partial charge >= 0.3 is 0 Å². The molecule has 0 saturated heterocycles. The van der Waals surface area contributed by atoms with Gasteiger partial charge in [-0.15, -0.1) is 0 Å². The molecule has 0 fully saturated rings. The van der Waals surface area contributed by atoms with E-state index in [4.69, 9.17) is 0 Å². The molecular weight excluding hydrogens is 160 g/mol. The average molecular weight is 172 g/mol. The van der Waals surface area contributed by atoms with Crippen LogP contribution in [0, 0.1) is 6.92 Å². The Morgan fingerprint density at radius 1 is 1.08 bits per heavy atom. The van der Waals surface area contributed by atoms with Crippen LogP contribution in [0.5, 0.6) is 0 Å². The smallest absolute Gasteiger partial charge is 0.142 e. The summed E-state index contributed by atoms with van der Waals surface area (Å²) in [4.78, 5) is 9.96. The van der Waals surface area contributed by atoms with Crippen molar-refractivity contribution >= 4 is 12.4 Å². The molecule has 0 aliphatic carbocycles. The number of benzene rings is 1. The molecule has 0 aliphatic rings. The number of hydrogen-bond acceptors (Lipinski definition) is 1. The molecule has 0 unspecified atom stereocenters. The van der Waals surface area contributed by atoms with E-state index in [9.17, 15) is 4.79 Å². The van der Waals surface area contributed by atoms with Gasteiger partial charge in [0.05, 0.1) is 0 Å². The van der Waals surface area contributed by atoms with Gasteiger partial charge in [-0.25, -0.2) is 0 Å². The van der Waals surface area contributed by atoms with Crippen LogP contribution in [0.15, 0.2) is 42.5 Å². The minimum Gasteiger partial charge on any atom is -0.299 e. The molecule has 0 amide bonds. The van der Waals surface area contributed by atoms with Crippen molar-refractivity contribution in [1.82, 2.24) is 0 Å². The van der Waals surface area contributed by atoms with Gasteiger partial charge in [-0.05, 0) is 24.1 Å².